The van der Waals surface area contributed by atoms with E-state index in [1.54, 1.807) is 86.7 Å². The lowest BCUT2D eigenvalue weighted by Crippen LogP contribution is -2.47. The maximum absolute atomic E-state index is 12.7. The number of carbonyl (C=O) groups excluding carboxylic acids is 5. The zero-order valence-electron chi connectivity index (χ0n) is 52.4. The number of hydrogen-bond acceptors (Lipinski definition) is 25. The molecule has 29 nitrogen and oxygen atoms in total. The van der Waals surface area contributed by atoms with Crippen LogP contribution in [0, 0.1) is 34.5 Å². The molecule has 0 aliphatic carbocycles. The van der Waals surface area contributed by atoms with Crippen LogP contribution in [-0.2, 0) is 57.1 Å². The summed E-state index contributed by atoms with van der Waals surface area (Å²) in [7, 11) is 0. The predicted molar refractivity (Wildman–Crippen MR) is 330 cm³/mol. The maximum atomic E-state index is 12.7. The van der Waals surface area contributed by atoms with Crippen LogP contribution in [0.1, 0.15) is 98.1 Å². The van der Waals surface area contributed by atoms with Crippen molar-refractivity contribution in [3.63, 3.8) is 0 Å². The van der Waals surface area contributed by atoms with Gasteiger partial charge in [0.1, 0.15) is 91.6 Å². The molecular formula is C62H81N15O14. The number of aromatic nitrogens is 8. The Morgan fingerprint density at radius 1 is 0.615 bits per heavy atom. The first kappa shape index (κ1) is 69.3. The Kier molecular flexibility index (Phi) is 26.5. The van der Waals surface area contributed by atoms with Crippen LogP contribution in [0.25, 0.3) is 34.0 Å². The minimum atomic E-state index is -0.866. The molecule has 2 fully saturated rings. The largest absolute Gasteiger partial charge is 0.487 e. The van der Waals surface area contributed by atoms with Gasteiger partial charge in [-0.3, -0.25) is 23.5 Å². The van der Waals surface area contributed by atoms with Crippen molar-refractivity contribution < 1.29 is 66.6 Å². The third-order valence-electron chi connectivity index (χ3n) is 13.9. The summed E-state index contributed by atoms with van der Waals surface area (Å²) in [4.78, 5) is 88.3. The lowest BCUT2D eigenvalue weighted by molar-refractivity contribution is -0.156. The molecule has 2 aliphatic heterocycles. The standard InChI is InChI=1S/C34H45N7O8.C28H36N8O6/c1-22(2)30(39-28(42)8-9-29(43)49-34(3,4)5)33(44)48-17-15-46-14-16-47-26-18-25-32(40-31(26)38-24-10-12-45-13-11-24)41(21-37-25)27-7-6-23(19-35)20-36-27;1-18(2)25(34-24(37)15-30)28(38)42-12-10-40-9-11-41-22-13-21-27(35-26(22)33-20-5-7-39-8-6-20)36(17-32-21)23-4-3-19(14-29)16-31-23/h6-7,18,20-22,24,30H,8-17H2,1-5H3,(H,38,40)(H,39,42);3-4,13,16-18,20,25H,5-12,15,30H2,1-2H3,(H,33,35)(H,34,37)/t30-;25-/m00/s1. The second-order valence-electron chi connectivity index (χ2n) is 22.8. The first-order valence-corrected chi connectivity index (χ1v) is 30.3. The van der Waals surface area contributed by atoms with Gasteiger partial charge in [0.25, 0.3) is 0 Å². The van der Waals surface area contributed by atoms with Gasteiger partial charge >= 0.3 is 17.9 Å². The Labute approximate surface area is 527 Å². The number of carbonyl (C=O) groups is 5. The van der Waals surface area contributed by atoms with Crippen molar-refractivity contribution >= 4 is 63.7 Å². The summed E-state index contributed by atoms with van der Waals surface area (Å²) in [6.07, 6.45) is 9.39. The molecule has 0 aromatic carbocycles. The molecule has 0 bridgehead atoms. The van der Waals surface area contributed by atoms with Gasteiger partial charge in [-0.05, 0) is 82.6 Å². The quantitative estimate of drug-likeness (QED) is 0.0230. The molecule has 91 heavy (non-hydrogen) atoms. The highest BCUT2D eigenvalue weighted by atomic mass is 16.6. The van der Waals surface area contributed by atoms with Gasteiger partial charge in [-0.1, -0.05) is 27.7 Å². The van der Waals surface area contributed by atoms with Gasteiger partial charge in [-0.25, -0.2) is 39.5 Å². The van der Waals surface area contributed by atoms with Crippen LogP contribution in [0.4, 0.5) is 11.6 Å². The molecule has 6 N–H and O–H groups in total. The minimum Gasteiger partial charge on any atom is -0.487 e. The lowest BCUT2D eigenvalue weighted by atomic mass is 10.0. The van der Waals surface area contributed by atoms with Gasteiger partial charge in [0.05, 0.1) is 50.5 Å². The van der Waals surface area contributed by atoms with Crippen LogP contribution in [0.15, 0.2) is 61.4 Å². The Morgan fingerprint density at radius 2 is 1.04 bits per heavy atom. The highest BCUT2D eigenvalue weighted by Crippen LogP contribution is 2.32. The summed E-state index contributed by atoms with van der Waals surface area (Å²) in [6.45, 7) is 16.1. The maximum Gasteiger partial charge on any atom is 0.328 e. The number of esters is 3. The highest BCUT2D eigenvalue weighted by Gasteiger charge is 2.28. The Morgan fingerprint density at radius 3 is 1.43 bits per heavy atom. The fourth-order valence-electron chi connectivity index (χ4n) is 9.16. The summed E-state index contributed by atoms with van der Waals surface area (Å²) in [6, 6.07) is 13.3. The van der Waals surface area contributed by atoms with E-state index in [0.29, 0.717) is 94.7 Å². The normalized spacial score (nSPS) is 14.3. The van der Waals surface area contributed by atoms with Crippen LogP contribution >= 0.6 is 0 Å². The van der Waals surface area contributed by atoms with Crippen molar-refractivity contribution in [1.82, 2.24) is 49.7 Å². The molecule has 6 aromatic heterocycles. The third-order valence-corrected chi connectivity index (χ3v) is 13.9. The van der Waals surface area contributed by atoms with Crippen LogP contribution in [0.3, 0.4) is 0 Å². The topological polar surface area (TPSA) is 377 Å². The second kappa shape index (κ2) is 34.7. The average Bonchev–Trinajstić information content (AvgIpc) is 1.74. The van der Waals surface area contributed by atoms with E-state index in [-0.39, 0.29) is 96.2 Å². The molecule has 2 aliphatic rings. The third kappa shape index (κ3) is 21.5. The summed E-state index contributed by atoms with van der Waals surface area (Å²) >= 11 is 0. The molecule has 2 amide bonds. The summed E-state index contributed by atoms with van der Waals surface area (Å²) < 4.78 is 53.7. The number of ether oxygens (including phenoxy) is 9. The van der Waals surface area contributed by atoms with E-state index >= 15 is 0 Å². The van der Waals surface area contributed by atoms with Crippen molar-refractivity contribution in [2.75, 3.05) is 96.5 Å². The van der Waals surface area contributed by atoms with Gasteiger partial charge in [-0.15, -0.1) is 0 Å². The first-order valence-electron chi connectivity index (χ1n) is 30.3. The molecule has 8 rings (SSSR count). The van der Waals surface area contributed by atoms with E-state index in [2.05, 4.69) is 53.3 Å². The second-order valence-corrected chi connectivity index (χ2v) is 22.8. The molecule has 2 atom stereocenters. The molecule has 8 heterocycles. The van der Waals surface area contributed by atoms with Gasteiger partial charge in [0.2, 0.25) is 11.8 Å². The van der Waals surface area contributed by atoms with Crippen LogP contribution in [0.2, 0.25) is 0 Å². The SMILES string of the molecule is CC(C)[C@H](NC(=O)CCC(=O)OC(C)(C)C)C(=O)OCCOCCOc1cc2ncn(-c3ccc(C#N)cn3)c2nc1NC1CCOCC1.CC(C)[C@H](NC(=O)CN)C(=O)OCCOCCOc1cc2ncn(-c3ccc(C#N)cn3)c2nc1NC1CCOCC1. The van der Waals surface area contributed by atoms with Crippen molar-refractivity contribution in [3.8, 4) is 35.3 Å². The molecule has 488 valence electrons. The average molecular weight is 1260 g/mol. The number of imidazole rings is 2. The smallest absolute Gasteiger partial charge is 0.328 e. The molecule has 0 spiro atoms. The number of anilines is 2. The number of hydrogen-bond donors (Lipinski definition) is 5. The number of amides is 2. The Bertz CT molecular complexity index is 3440. The number of pyridine rings is 4. The van der Waals surface area contributed by atoms with E-state index in [1.807, 2.05) is 19.9 Å². The number of rotatable bonds is 30. The molecule has 0 unspecified atom stereocenters. The predicted octanol–water partition coefficient (Wildman–Crippen LogP) is 4.80. The van der Waals surface area contributed by atoms with Gasteiger partial charge in [-0.2, -0.15) is 10.5 Å². The summed E-state index contributed by atoms with van der Waals surface area (Å²) in [5.74, 6) is 0.480. The van der Waals surface area contributed by atoms with E-state index in [0.717, 1.165) is 25.7 Å². The van der Waals surface area contributed by atoms with Gasteiger partial charge < -0.3 is 69.6 Å². The number of nitrogens with two attached hydrogens (primary N) is 1. The van der Waals surface area contributed by atoms with Crippen LogP contribution in [-0.4, -0.2) is 184 Å². The summed E-state index contributed by atoms with van der Waals surface area (Å²) in [5, 5.41) is 30.4. The fraction of sp³-hybridized carbons (Fsp3) is 0.532. The zero-order chi connectivity index (χ0) is 65.3. The molecule has 6 aromatic rings. The van der Waals surface area contributed by atoms with Crippen molar-refractivity contribution in [2.24, 2.45) is 17.6 Å². The minimum absolute atomic E-state index is 0.0132. The van der Waals surface area contributed by atoms with Crippen LogP contribution in [0.5, 0.6) is 11.5 Å². The Balaban J connectivity index is 0.000000261. The first-order chi connectivity index (χ1) is 43.8. The number of nitrogens with zero attached hydrogens (tertiary/aromatic N) is 10. The van der Waals surface area contributed by atoms with Crippen molar-refractivity contribution in [3.05, 3.63) is 72.6 Å². The van der Waals surface area contributed by atoms with Crippen molar-refractivity contribution in [1.29, 1.82) is 10.5 Å². The van der Waals surface area contributed by atoms with Crippen molar-refractivity contribution in [2.45, 2.75) is 117 Å². The summed E-state index contributed by atoms with van der Waals surface area (Å²) in [5.41, 5.74) is 7.99. The van der Waals surface area contributed by atoms with Gasteiger partial charge in [0, 0.05) is 69.5 Å². The fourth-order valence-corrected chi connectivity index (χ4v) is 9.16. The van der Waals surface area contributed by atoms with E-state index in [1.165, 1.54) is 12.4 Å². The molecule has 0 radical (unpaired) electrons. The lowest BCUT2D eigenvalue weighted by Gasteiger charge is -2.24. The zero-order valence-corrected chi connectivity index (χ0v) is 52.4. The van der Waals surface area contributed by atoms with Gasteiger partial charge in [0.15, 0.2) is 34.4 Å². The monoisotopic (exact) mass is 1260 g/mol. The van der Waals surface area contributed by atoms with E-state index in [4.69, 9.17) is 68.9 Å². The van der Waals surface area contributed by atoms with Crippen LogP contribution < -0.4 is 36.5 Å². The molecule has 0 saturated carbocycles. The number of nitrogens with one attached hydrogen (secondary N) is 4. The highest BCUT2D eigenvalue weighted by molar-refractivity contribution is 5.87. The number of nitriles is 2. The molecule has 29 heteroatoms. The molecule has 2 saturated heterocycles. The van der Waals surface area contributed by atoms with E-state index in [9.17, 15) is 24.0 Å². The molecular weight excluding hydrogens is 1180 g/mol. The number of fused-ring (bicyclic) bond motifs is 2. The van der Waals surface area contributed by atoms with E-state index < -0.39 is 47.4 Å². The Hall–Kier alpha value is -9.13.